The van der Waals surface area contributed by atoms with E-state index in [1.165, 1.54) is 11.1 Å². The van der Waals surface area contributed by atoms with E-state index in [4.69, 9.17) is 15.2 Å². The van der Waals surface area contributed by atoms with Gasteiger partial charge in [0.25, 0.3) is 0 Å². The standard InChI is InChI=1S/C15H23NO2/c1-11-4-5-13(10-12(11)2)14(16)15(17-3)6-8-18-9-7-15/h4-5,10,14H,6-9,16H2,1-3H3. The summed E-state index contributed by atoms with van der Waals surface area (Å²) in [6, 6.07) is 6.33. The quantitative estimate of drug-likeness (QED) is 0.895. The Labute approximate surface area is 109 Å². The van der Waals surface area contributed by atoms with Crippen molar-refractivity contribution < 1.29 is 9.47 Å². The van der Waals surface area contributed by atoms with E-state index in [-0.39, 0.29) is 11.6 Å². The lowest BCUT2D eigenvalue weighted by atomic mass is 9.82. The van der Waals surface area contributed by atoms with Crippen LogP contribution in [0.5, 0.6) is 0 Å². The van der Waals surface area contributed by atoms with E-state index in [0.29, 0.717) is 0 Å². The second kappa shape index (κ2) is 5.39. The number of hydrogen-bond donors (Lipinski definition) is 1. The number of hydrogen-bond acceptors (Lipinski definition) is 3. The van der Waals surface area contributed by atoms with Crippen LogP contribution in [0.25, 0.3) is 0 Å². The highest BCUT2D eigenvalue weighted by atomic mass is 16.5. The number of benzene rings is 1. The van der Waals surface area contributed by atoms with Crippen molar-refractivity contribution in [2.24, 2.45) is 5.73 Å². The van der Waals surface area contributed by atoms with E-state index < -0.39 is 0 Å². The van der Waals surface area contributed by atoms with Gasteiger partial charge >= 0.3 is 0 Å². The minimum Gasteiger partial charge on any atom is -0.381 e. The van der Waals surface area contributed by atoms with E-state index in [9.17, 15) is 0 Å². The topological polar surface area (TPSA) is 44.5 Å². The molecule has 18 heavy (non-hydrogen) atoms. The van der Waals surface area contributed by atoms with Crippen LogP contribution in [0.1, 0.15) is 35.6 Å². The molecule has 1 aliphatic heterocycles. The number of methoxy groups -OCH3 is 1. The first kappa shape index (κ1) is 13.5. The number of nitrogens with two attached hydrogens (primary N) is 1. The summed E-state index contributed by atoms with van der Waals surface area (Å²) in [6.45, 7) is 5.69. The molecular weight excluding hydrogens is 226 g/mol. The van der Waals surface area contributed by atoms with Crippen molar-refractivity contribution in [1.29, 1.82) is 0 Å². The Morgan fingerprint density at radius 1 is 1.22 bits per heavy atom. The smallest absolute Gasteiger partial charge is 0.0914 e. The molecule has 3 nitrogen and oxygen atoms in total. The van der Waals surface area contributed by atoms with Crippen LogP contribution in [0.4, 0.5) is 0 Å². The fourth-order valence-corrected chi connectivity index (χ4v) is 2.62. The van der Waals surface area contributed by atoms with Crippen LogP contribution in [-0.4, -0.2) is 25.9 Å². The Morgan fingerprint density at radius 3 is 2.44 bits per heavy atom. The molecule has 2 N–H and O–H groups in total. The molecule has 1 atom stereocenters. The fourth-order valence-electron chi connectivity index (χ4n) is 2.62. The van der Waals surface area contributed by atoms with Crippen LogP contribution >= 0.6 is 0 Å². The summed E-state index contributed by atoms with van der Waals surface area (Å²) in [4.78, 5) is 0. The molecular formula is C15H23NO2. The van der Waals surface area contributed by atoms with Gasteiger partial charge in [-0.3, -0.25) is 0 Å². The average Bonchev–Trinajstić information content (AvgIpc) is 2.42. The first-order valence-electron chi connectivity index (χ1n) is 6.55. The van der Waals surface area contributed by atoms with Gasteiger partial charge in [-0.2, -0.15) is 0 Å². The van der Waals surface area contributed by atoms with E-state index >= 15 is 0 Å². The molecule has 0 aliphatic carbocycles. The van der Waals surface area contributed by atoms with E-state index in [2.05, 4.69) is 32.0 Å². The van der Waals surface area contributed by atoms with Crippen LogP contribution in [0, 0.1) is 13.8 Å². The summed E-state index contributed by atoms with van der Waals surface area (Å²) < 4.78 is 11.2. The molecule has 1 aromatic rings. The molecule has 100 valence electrons. The van der Waals surface area contributed by atoms with E-state index in [1.54, 1.807) is 7.11 Å². The van der Waals surface area contributed by atoms with Crippen molar-refractivity contribution in [2.75, 3.05) is 20.3 Å². The molecule has 0 spiro atoms. The third-order valence-electron chi connectivity index (χ3n) is 4.20. The SMILES string of the molecule is COC1(C(N)c2ccc(C)c(C)c2)CCOCC1. The molecule has 0 amide bonds. The molecule has 1 heterocycles. The van der Waals surface area contributed by atoms with Crippen LogP contribution in [0.2, 0.25) is 0 Å². The third-order valence-corrected chi connectivity index (χ3v) is 4.20. The molecule has 1 aliphatic rings. The zero-order valence-electron chi connectivity index (χ0n) is 11.5. The van der Waals surface area contributed by atoms with Gasteiger partial charge in [0.05, 0.1) is 11.6 Å². The van der Waals surface area contributed by atoms with Gasteiger partial charge in [-0.25, -0.2) is 0 Å². The summed E-state index contributed by atoms with van der Waals surface area (Å²) in [5.41, 5.74) is 9.90. The predicted molar refractivity (Wildman–Crippen MR) is 72.6 cm³/mol. The molecule has 1 fully saturated rings. The molecule has 0 saturated carbocycles. The van der Waals surface area contributed by atoms with Crippen molar-refractivity contribution in [3.05, 3.63) is 34.9 Å². The Bertz CT molecular complexity index is 411. The molecule has 0 radical (unpaired) electrons. The van der Waals surface area contributed by atoms with Crippen molar-refractivity contribution in [3.8, 4) is 0 Å². The predicted octanol–water partition coefficient (Wildman–Crippen LogP) is 2.50. The minimum atomic E-state index is -0.278. The van der Waals surface area contributed by atoms with Crippen molar-refractivity contribution >= 4 is 0 Å². The van der Waals surface area contributed by atoms with Gasteiger partial charge in [0.1, 0.15) is 0 Å². The van der Waals surface area contributed by atoms with E-state index in [1.807, 2.05) is 0 Å². The Hall–Kier alpha value is -0.900. The van der Waals surface area contributed by atoms with Crippen molar-refractivity contribution in [3.63, 3.8) is 0 Å². The van der Waals surface area contributed by atoms with Crippen LogP contribution in [-0.2, 0) is 9.47 Å². The van der Waals surface area contributed by atoms with Gasteiger partial charge < -0.3 is 15.2 Å². The molecule has 0 aromatic heterocycles. The summed E-state index contributed by atoms with van der Waals surface area (Å²) in [5.74, 6) is 0. The highest BCUT2D eigenvalue weighted by Crippen LogP contribution is 2.36. The van der Waals surface area contributed by atoms with Gasteiger partial charge in [0, 0.05) is 33.2 Å². The number of aryl methyl sites for hydroxylation is 2. The number of ether oxygens (including phenoxy) is 2. The maximum absolute atomic E-state index is 6.45. The highest BCUT2D eigenvalue weighted by Gasteiger charge is 2.39. The lowest BCUT2D eigenvalue weighted by molar-refractivity contribution is -0.105. The minimum absolute atomic E-state index is 0.0919. The van der Waals surface area contributed by atoms with Gasteiger partial charge in [0.2, 0.25) is 0 Å². The first-order valence-corrected chi connectivity index (χ1v) is 6.55. The van der Waals surface area contributed by atoms with Crippen molar-refractivity contribution in [2.45, 2.75) is 38.3 Å². The second-order valence-electron chi connectivity index (χ2n) is 5.20. The lowest BCUT2D eigenvalue weighted by Crippen LogP contribution is -2.47. The van der Waals surface area contributed by atoms with Crippen molar-refractivity contribution in [1.82, 2.24) is 0 Å². The Balaban J connectivity index is 2.27. The first-order chi connectivity index (χ1) is 8.59. The lowest BCUT2D eigenvalue weighted by Gasteiger charge is -2.40. The molecule has 0 bridgehead atoms. The molecule has 3 heteroatoms. The van der Waals surface area contributed by atoms with Gasteiger partial charge in [0.15, 0.2) is 0 Å². The third kappa shape index (κ3) is 2.44. The summed E-state index contributed by atoms with van der Waals surface area (Å²) in [6.07, 6.45) is 1.72. The molecule has 1 aromatic carbocycles. The fraction of sp³-hybridized carbons (Fsp3) is 0.600. The molecule has 2 rings (SSSR count). The average molecular weight is 249 g/mol. The van der Waals surface area contributed by atoms with Gasteiger partial charge in [-0.05, 0) is 30.5 Å². The Kier molecular flexibility index (Phi) is 4.05. The number of rotatable bonds is 3. The highest BCUT2D eigenvalue weighted by molar-refractivity contribution is 5.33. The molecule has 1 saturated heterocycles. The summed E-state index contributed by atoms with van der Waals surface area (Å²) in [7, 11) is 1.76. The zero-order chi connectivity index (χ0) is 13.2. The summed E-state index contributed by atoms with van der Waals surface area (Å²) in [5, 5.41) is 0. The zero-order valence-corrected chi connectivity index (χ0v) is 11.5. The monoisotopic (exact) mass is 249 g/mol. The molecule has 1 unspecified atom stereocenters. The summed E-state index contributed by atoms with van der Waals surface area (Å²) >= 11 is 0. The van der Waals surface area contributed by atoms with Crippen LogP contribution in [0.15, 0.2) is 18.2 Å². The van der Waals surface area contributed by atoms with Gasteiger partial charge in [-0.15, -0.1) is 0 Å². The largest absolute Gasteiger partial charge is 0.381 e. The maximum Gasteiger partial charge on any atom is 0.0914 e. The van der Waals surface area contributed by atoms with Crippen LogP contribution in [0.3, 0.4) is 0 Å². The van der Waals surface area contributed by atoms with Gasteiger partial charge in [-0.1, -0.05) is 18.2 Å². The maximum atomic E-state index is 6.45. The second-order valence-corrected chi connectivity index (χ2v) is 5.20. The normalized spacial score (nSPS) is 20.7. The van der Waals surface area contributed by atoms with E-state index in [0.717, 1.165) is 31.6 Å². The van der Waals surface area contributed by atoms with Crippen LogP contribution < -0.4 is 5.73 Å². The Morgan fingerprint density at radius 2 is 1.89 bits per heavy atom.